The molecule has 1 amide bonds. The normalized spacial score (nSPS) is 20.5. The highest BCUT2D eigenvalue weighted by atomic mass is 16.1. The zero-order chi connectivity index (χ0) is 18.5. The first-order chi connectivity index (χ1) is 13.3. The SMILES string of the molecule is O=C(NCC1CC1)C1CCCN(CCCc2nnnn2-c2ccccc2)C1. The zero-order valence-electron chi connectivity index (χ0n) is 15.8. The molecule has 2 fully saturated rings. The van der Waals surface area contributed by atoms with Crippen molar-refractivity contribution in [1.29, 1.82) is 0 Å². The summed E-state index contributed by atoms with van der Waals surface area (Å²) in [4.78, 5) is 14.8. The van der Waals surface area contributed by atoms with E-state index in [2.05, 4.69) is 25.7 Å². The Hall–Kier alpha value is -2.28. The van der Waals surface area contributed by atoms with E-state index in [1.807, 2.05) is 35.0 Å². The molecule has 1 atom stereocenters. The summed E-state index contributed by atoms with van der Waals surface area (Å²) in [5.74, 6) is 2.02. The molecule has 144 valence electrons. The van der Waals surface area contributed by atoms with Crippen molar-refractivity contribution < 1.29 is 4.79 Å². The summed E-state index contributed by atoms with van der Waals surface area (Å²) < 4.78 is 1.81. The predicted molar refractivity (Wildman–Crippen MR) is 102 cm³/mol. The van der Waals surface area contributed by atoms with E-state index >= 15 is 0 Å². The molecule has 7 nitrogen and oxygen atoms in total. The highest BCUT2D eigenvalue weighted by Gasteiger charge is 2.27. The van der Waals surface area contributed by atoms with Gasteiger partial charge in [0.2, 0.25) is 5.91 Å². The molecule has 1 N–H and O–H groups in total. The molecule has 0 spiro atoms. The van der Waals surface area contributed by atoms with E-state index in [0.717, 1.165) is 69.3 Å². The summed E-state index contributed by atoms with van der Waals surface area (Å²) in [5, 5.41) is 15.3. The van der Waals surface area contributed by atoms with Crippen LogP contribution >= 0.6 is 0 Å². The number of nitrogens with zero attached hydrogens (tertiary/aromatic N) is 5. The fourth-order valence-corrected chi connectivity index (χ4v) is 3.78. The monoisotopic (exact) mass is 368 g/mol. The molecule has 1 saturated heterocycles. The summed E-state index contributed by atoms with van der Waals surface area (Å²) in [7, 11) is 0. The van der Waals surface area contributed by atoms with Gasteiger partial charge in [0.15, 0.2) is 5.82 Å². The molecule has 1 aliphatic carbocycles. The highest BCUT2D eigenvalue weighted by Crippen LogP contribution is 2.28. The van der Waals surface area contributed by atoms with E-state index in [9.17, 15) is 4.79 Å². The number of hydrogen-bond acceptors (Lipinski definition) is 5. The first-order valence-corrected chi connectivity index (χ1v) is 10.1. The molecule has 1 aromatic carbocycles. The van der Waals surface area contributed by atoms with E-state index in [0.29, 0.717) is 0 Å². The van der Waals surface area contributed by atoms with Gasteiger partial charge in [0.1, 0.15) is 0 Å². The number of aromatic nitrogens is 4. The minimum atomic E-state index is 0.145. The van der Waals surface area contributed by atoms with Gasteiger partial charge >= 0.3 is 0 Å². The topological polar surface area (TPSA) is 75.9 Å². The van der Waals surface area contributed by atoms with Crippen molar-refractivity contribution in [3.8, 4) is 5.69 Å². The Balaban J connectivity index is 1.24. The van der Waals surface area contributed by atoms with Crippen LogP contribution < -0.4 is 5.32 Å². The lowest BCUT2D eigenvalue weighted by atomic mass is 9.97. The third kappa shape index (κ3) is 4.91. The van der Waals surface area contributed by atoms with Crippen molar-refractivity contribution in [1.82, 2.24) is 30.4 Å². The first-order valence-electron chi connectivity index (χ1n) is 10.1. The molecule has 2 heterocycles. The maximum atomic E-state index is 12.4. The summed E-state index contributed by atoms with van der Waals surface area (Å²) in [5.41, 5.74) is 0.989. The van der Waals surface area contributed by atoms with Crippen molar-refractivity contribution in [2.45, 2.75) is 38.5 Å². The molecule has 1 aliphatic heterocycles. The molecule has 4 rings (SSSR count). The molecular weight excluding hydrogens is 340 g/mol. The van der Waals surface area contributed by atoms with E-state index < -0.39 is 0 Å². The second-order valence-corrected chi connectivity index (χ2v) is 7.77. The third-order valence-corrected chi connectivity index (χ3v) is 5.55. The fourth-order valence-electron chi connectivity index (χ4n) is 3.78. The smallest absolute Gasteiger partial charge is 0.224 e. The van der Waals surface area contributed by atoms with Gasteiger partial charge in [-0.25, -0.2) is 0 Å². The van der Waals surface area contributed by atoms with Crippen LogP contribution in [0.5, 0.6) is 0 Å². The highest BCUT2D eigenvalue weighted by molar-refractivity contribution is 5.79. The van der Waals surface area contributed by atoms with Crippen LogP contribution in [0, 0.1) is 11.8 Å². The molecule has 2 aromatic rings. The van der Waals surface area contributed by atoms with E-state index in [1.54, 1.807) is 0 Å². The number of carbonyl (C=O) groups is 1. The number of para-hydroxylation sites is 1. The van der Waals surface area contributed by atoms with Gasteiger partial charge in [0, 0.05) is 19.5 Å². The van der Waals surface area contributed by atoms with Crippen LogP contribution in [0.15, 0.2) is 30.3 Å². The lowest BCUT2D eigenvalue weighted by Crippen LogP contribution is -2.43. The largest absolute Gasteiger partial charge is 0.356 e. The van der Waals surface area contributed by atoms with Gasteiger partial charge in [-0.1, -0.05) is 18.2 Å². The zero-order valence-corrected chi connectivity index (χ0v) is 15.8. The Kier molecular flexibility index (Phi) is 5.77. The molecule has 0 radical (unpaired) electrons. The molecule has 7 heteroatoms. The molecule has 1 saturated carbocycles. The van der Waals surface area contributed by atoms with Crippen LogP contribution in [0.2, 0.25) is 0 Å². The number of piperidine rings is 1. The number of hydrogen-bond donors (Lipinski definition) is 1. The lowest BCUT2D eigenvalue weighted by Gasteiger charge is -2.32. The number of carbonyl (C=O) groups excluding carboxylic acids is 1. The first kappa shape index (κ1) is 18.1. The Morgan fingerprint density at radius 2 is 2.04 bits per heavy atom. The van der Waals surface area contributed by atoms with Crippen LogP contribution in [-0.2, 0) is 11.2 Å². The number of likely N-dealkylation sites (tertiary alicyclic amines) is 1. The van der Waals surface area contributed by atoms with E-state index in [4.69, 9.17) is 0 Å². The van der Waals surface area contributed by atoms with Crippen LogP contribution in [0.25, 0.3) is 5.69 Å². The van der Waals surface area contributed by atoms with Gasteiger partial charge in [0.05, 0.1) is 11.6 Å². The van der Waals surface area contributed by atoms with Crippen LogP contribution in [-0.4, -0.2) is 57.2 Å². The second kappa shape index (κ2) is 8.61. The van der Waals surface area contributed by atoms with E-state index in [-0.39, 0.29) is 11.8 Å². The lowest BCUT2D eigenvalue weighted by molar-refractivity contribution is -0.126. The summed E-state index contributed by atoms with van der Waals surface area (Å²) >= 11 is 0. The van der Waals surface area contributed by atoms with Gasteiger partial charge in [0.25, 0.3) is 0 Å². The van der Waals surface area contributed by atoms with Gasteiger partial charge in [-0.15, -0.1) is 5.10 Å². The molecule has 27 heavy (non-hydrogen) atoms. The minimum Gasteiger partial charge on any atom is -0.356 e. The average Bonchev–Trinajstić information content (AvgIpc) is 3.43. The Morgan fingerprint density at radius 3 is 2.85 bits per heavy atom. The number of amides is 1. The second-order valence-electron chi connectivity index (χ2n) is 7.77. The Morgan fingerprint density at radius 1 is 1.19 bits per heavy atom. The minimum absolute atomic E-state index is 0.145. The van der Waals surface area contributed by atoms with Crippen LogP contribution in [0.3, 0.4) is 0 Å². The van der Waals surface area contributed by atoms with Crippen molar-refractivity contribution in [2.75, 3.05) is 26.2 Å². The van der Waals surface area contributed by atoms with E-state index in [1.165, 1.54) is 12.8 Å². The van der Waals surface area contributed by atoms with Crippen molar-refractivity contribution >= 4 is 5.91 Å². The average molecular weight is 368 g/mol. The van der Waals surface area contributed by atoms with Gasteiger partial charge in [-0.3, -0.25) is 4.79 Å². The fraction of sp³-hybridized carbons (Fsp3) is 0.600. The predicted octanol–water partition coefficient (Wildman–Crippen LogP) is 1.83. The van der Waals surface area contributed by atoms with Crippen molar-refractivity contribution in [3.63, 3.8) is 0 Å². The Bertz CT molecular complexity index is 742. The molecule has 1 unspecified atom stereocenters. The maximum absolute atomic E-state index is 12.4. The standard InChI is InChI=1S/C20H28N6O/c27-20(21-14-16-10-11-16)17-6-4-12-25(15-17)13-5-9-19-22-23-24-26(19)18-7-2-1-3-8-18/h1-3,7-8,16-17H,4-6,9-15H2,(H,21,27). The molecule has 2 aliphatic rings. The number of benzene rings is 1. The Labute approximate surface area is 160 Å². The summed E-state index contributed by atoms with van der Waals surface area (Å²) in [6.07, 6.45) is 6.49. The number of tetrazole rings is 1. The van der Waals surface area contributed by atoms with Gasteiger partial charge in [-0.05, 0) is 73.7 Å². The molecular formula is C20H28N6O. The van der Waals surface area contributed by atoms with Crippen LogP contribution in [0.4, 0.5) is 0 Å². The maximum Gasteiger partial charge on any atom is 0.224 e. The number of aryl methyl sites for hydroxylation is 1. The number of rotatable bonds is 8. The van der Waals surface area contributed by atoms with Crippen molar-refractivity contribution in [3.05, 3.63) is 36.2 Å². The van der Waals surface area contributed by atoms with Gasteiger partial charge < -0.3 is 10.2 Å². The summed E-state index contributed by atoms with van der Waals surface area (Å²) in [6, 6.07) is 9.98. The molecule has 1 aromatic heterocycles. The quantitative estimate of drug-likeness (QED) is 0.769. The van der Waals surface area contributed by atoms with Crippen LogP contribution in [0.1, 0.15) is 37.9 Å². The number of nitrogens with one attached hydrogen (secondary N) is 1. The summed E-state index contributed by atoms with van der Waals surface area (Å²) in [6.45, 7) is 3.81. The van der Waals surface area contributed by atoms with Gasteiger partial charge in [-0.2, -0.15) is 4.68 Å². The molecule has 0 bridgehead atoms. The van der Waals surface area contributed by atoms with Crippen molar-refractivity contribution in [2.24, 2.45) is 11.8 Å². The third-order valence-electron chi connectivity index (χ3n) is 5.55.